The minimum atomic E-state index is -0.244. The molecule has 5 heteroatoms. The van der Waals surface area contributed by atoms with Gasteiger partial charge in [-0.3, -0.25) is 4.90 Å². The summed E-state index contributed by atoms with van der Waals surface area (Å²) in [6, 6.07) is 6.49. The van der Waals surface area contributed by atoms with Gasteiger partial charge in [-0.1, -0.05) is 13.0 Å². The number of halogens is 1. The van der Waals surface area contributed by atoms with Crippen LogP contribution in [0.2, 0.25) is 0 Å². The molecule has 0 unspecified atom stereocenters. The zero-order chi connectivity index (χ0) is 16.1. The fraction of sp³-hybridized carbons (Fsp3) is 0.500. The predicted molar refractivity (Wildman–Crippen MR) is 88.1 cm³/mol. The van der Waals surface area contributed by atoms with Crippen LogP contribution < -0.4 is 0 Å². The van der Waals surface area contributed by atoms with E-state index in [0.717, 1.165) is 50.3 Å². The molecule has 124 valence electrons. The number of nitrogens with zero attached hydrogens (tertiary/aromatic N) is 3. The highest BCUT2D eigenvalue weighted by atomic mass is 19.1. The van der Waals surface area contributed by atoms with E-state index in [-0.39, 0.29) is 5.82 Å². The van der Waals surface area contributed by atoms with Crippen LogP contribution in [0.15, 0.2) is 36.7 Å². The Hall–Kier alpha value is -1.72. The molecule has 1 aliphatic rings. The van der Waals surface area contributed by atoms with Crippen LogP contribution in [0.1, 0.15) is 31.7 Å². The highest BCUT2D eigenvalue weighted by molar-refractivity contribution is 5.31. The van der Waals surface area contributed by atoms with Gasteiger partial charge in [0.05, 0.1) is 18.0 Å². The first-order chi connectivity index (χ1) is 11.2. The minimum absolute atomic E-state index is 0.244. The predicted octanol–water partition coefficient (Wildman–Crippen LogP) is 3.40. The van der Waals surface area contributed by atoms with Gasteiger partial charge in [-0.05, 0) is 44.0 Å². The van der Waals surface area contributed by atoms with E-state index >= 15 is 0 Å². The number of aromatic nitrogens is 2. The van der Waals surface area contributed by atoms with Crippen molar-refractivity contribution in [3.05, 3.63) is 48.0 Å². The molecule has 23 heavy (non-hydrogen) atoms. The third kappa shape index (κ3) is 4.39. The highest BCUT2D eigenvalue weighted by Gasteiger charge is 2.20. The van der Waals surface area contributed by atoms with Gasteiger partial charge in [-0.25, -0.2) is 9.07 Å². The molecule has 0 spiro atoms. The third-order valence-electron chi connectivity index (χ3n) is 4.13. The molecule has 0 bridgehead atoms. The SMILES string of the molecule is CCCO[C@H]1CCCN(Cc2cnn(-c3cccc(F)c3)c2)C1. The van der Waals surface area contributed by atoms with Crippen molar-refractivity contribution in [2.45, 2.75) is 38.8 Å². The quantitative estimate of drug-likeness (QED) is 0.818. The van der Waals surface area contributed by atoms with E-state index < -0.39 is 0 Å². The fourth-order valence-electron chi connectivity index (χ4n) is 3.04. The molecule has 1 aromatic carbocycles. The monoisotopic (exact) mass is 317 g/mol. The summed E-state index contributed by atoms with van der Waals surface area (Å²) in [7, 11) is 0. The summed E-state index contributed by atoms with van der Waals surface area (Å²) in [5, 5.41) is 4.35. The number of rotatable bonds is 6. The molecule has 0 amide bonds. The molecule has 1 aliphatic heterocycles. The second-order valence-electron chi connectivity index (χ2n) is 6.14. The van der Waals surface area contributed by atoms with Gasteiger partial charge in [0.2, 0.25) is 0 Å². The van der Waals surface area contributed by atoms with Crippen LogP contribution in [0.25, 0.3) is 5.69 Å². The minimum Gasteiger partial charge on any atom is -0.377 e. The van der Waals surface area contributed by atoms with Crippen molar-refractivity contribution < 1.29 is 9.13 Å². The van der Waals surface area contributed by atoms with Gasteiger partial charge in [-0.15, -0.1) is 0 Å². The van der Waals surface area contributed by atoms with Gasteiger partial charge in [0, 0.05) is 31.5 Å². The summed E-state index contributed by atoms with van der Waals surface area (Å²) in [6.07, 6.45) is 7.58. The largest absolute Gasteiger partial charge is 0.377 e. The van der Waals surface area contributed by atoms with Gasteiger partial charge in [-0.2, -0.15) is 5.10 Å². The first kappa shape index (κ1) is 16.1. The van der Waals surface area contributed by atoms with Crippen LogP contribution in [0.5, 0.6) is 0 Å². The van der Waals surface area contributed by atoms with Crippen molar-refractivity contribution >= 4 is 0 Å². The maximum atomic E-state index is 13.3. The van der Waals surface area contributed by atoms with Crippen molar-refractivity contribution in [1.82, 2.24) is 14.7 Å². The second kappa shape index (κ2) is 7.70. The van der Waals surface area contributed by atoms with E-state index in [4.69, 9.17) is 4.74 Å². The van der Waals surface area contributed by atoms with Crippen molar-refractivity contribution in [3.8, 4) is 5.69 Å². The summed E-state index contributed by atoms with van der Waals surface area (Å²) in [4.78, 5) is 2.41. The topological polar surface area (TPSA) is 30.3 Å². The van der Waals surface area contributed by atoms with Gasteiger partial charge in [0.15, 0.2) is 0 Å². The lowest BCUT2D eigenvalue weighted by Crippen LogP contribution is -2.39. The van der Waals surface area contributed by atoms with E-state index in [1.165, 1.54) is 18.6 Å². The second-order valence-corrected chi connectivity index (χ2v) is 6.14. The number of piperidine rings is 1. The number of ether oxygens (including phenoxy) is 1. The Morgan fingerprint density at radius 1 is 1.39 bits per heavy atom. The Balaban J connectivity index is 1.60. The van der Waals surface area contributed by atoms with Crippen LogP contribution in [-0.4, -0.2) is 40.5 Å². The van der Waals surface area contributed by atoms with E-state index in [9.17, 15) is 4.39 Å². The van der Waals surface area contributed by atoms with Crippen LogP contribution in [0.3, 0.4) is 0 Å². The summed E-state index contributed by atoms with van der Waals surface area (Å²) in [6.45, 7) is 5.92. The lowest BCUT2D eigenvalue weighted by Gasteiger charge is -2.32. The molecule has 1 fully saturated rings. The number of hydrogen-bond acceptors (Lipinski definition) is 3. The first-order valence-electron chi connectivity index (χ1n) is 8.38. The molecule has 0 aliphatic carbocycles. The molecular formula is C18H24FN3O. The molecule has 1 aromatic heterocycles. The molecule has 1 atom stereocenters. The van der Waals surface area contributed by atoms with Gasteiger partial charge >= 0.3 is 0 Å². The van der Waals surface area contributed by atoms with Crippen molar-refractivity contribution in [1.29, 1.82) is 0 Å². The summed E-state index contributed by atoms with van der Waals surface area (Å²) in [5.41, 5.74) is 1.89. The van der Waals surface area contributed by atoms with E-state index in [1.54, 1.807) is 10.7 Å². The number of benzene rings is 1. The molecule has 2 heterocycles. The zero-order valence-electron chi connectivity index (χ0n) is 13.6. The maximum absolute atomic E-state index is 13.3. The standard InChI is InChI=1S/C18H24FN3O/c1-2-9-23-18-7-4-8-21(14-18)12-15-11-20-22(13-15)17-6-3-5-16(19)10-17/h3,5-6,10-11,13,18H,2,4,7-9,12,14H2,1H3/t18-/m0/s1. The summed E-state index contributed by atoms with van der Waals surface area (Å²) >= 11 is 0. The normalized spacial score (nSPS) is 19.1. The maximum Gasteiger partial charge on any atom is 0.125 e. The van der Waals surface area contributed by atoms with Crippen LogP contribution >= 0.6 is 0 Å². The Morgan fingerprint density at radius 3 is 3.13 bits per heavy atom. The van der Waals surface area contributed by atoms with Crippen molar-refractivity contribution in [2.75, 3.05) is 19.7 Å². The van der Waals surface area contributed by atoms with Crippen molar-refractivity contribution in [3.63, 3.8) is 0 Å². The lowest BCUT2D eigenvalue weighted by molar-refractivity contribution is -0.00223. The molecular weight excluding hydrogens is 293 g/mol. The Morgan fingerprint density at radius 2 is 2.30 bits per heavy atom. The summed E-state index contributed by atoms with van der Waals surface area (Å²) < 4.78 is 20.9. The van der Waals surface area contributed by atoms with E-state index in [2.05, 4.69) is 16.9 Å². The Bertz CT molecular complexity index is 628. The lowest BCUT2D eigenvalue weighted by atomic mass is 10.1. The van der Waals surface area contributed by atoms with Crippen LogP contribution in [-0.2, 0) is 11.3 Å². The first-order valence-corrected chi connectivity index (χ1v) is 8.38. The van der Waals surface area contributed by atoms with Gasteiger partial charge in [0.25, 0.3) is 0 Å². The van der Waals surface area contributed by atoms with E-state index in [1.807, 2.05) is 18.5 Å². The highest BCUT2D eigenvalue weighted by Crippen LogP contribution is 2.17. The summed E-state index contributed by atoms with van der Waals surface area (Å²) in [5.74, 6) is -0.244. The molecule has 0 N–H and O–H groups in total. The molecule has 1 saturated heterocycles. The van der Waals surface area contributed by atoms with Gasteiger partial charge in [0.1, 0.15) is 5.82 Å². The molecule has 4 nitrogen and oxygen atoms in total. The fourth-order valence-corrected chi connectivity index (χ4v) is 3.04. The average Bonchev–Trinajstić information content (AvgIpc) is 3.02. The van der Waals surface area contributed by atoms with Crippen molar-refractivity contribution in [2.24, 2.45) is 0 Å². The average molecular weight is 317 g/mol. The van der Waals surface area contributed by atoms with Gasteiger partial charge < -0.3 is 4.74 Å². The molecule has 0 radical (unpaired) electrons. The molecule has 0 saturated carbocycles. The zero-order valence-corrected chi connectivity index (χ0v) is 13.6. The Labute approximate surface area is 136 Å². The molecule has 2 aromatic rings. The van der Waals surface area contributed by atoms with Crippen LogP contribution in [0.4, 0.5) is 4.39 Å². The third-order valence-corrected chi connectivity index (χ3v) is 4.13. The Kier molecular flexibility index (Phi) is 5.41. The molecule has 3 rings (SSSR count). The smallest absolute Gasteiger partial charge is 0.125 e. The van der Waals surface area contributed by atoms with Crippen LogP contribution in [0, 0.1) is 5.82 Å². The number of hydrogen-bond donors (Lipinski definition) is 0. The number of likely N-dealkylation sites (tertiary alicyclic amines) is 1. The van der Waals surface area contributed by atoms with E-state index in [0.29, 0.717) is 6.10 Å².